The molecule has 0 aliphatic rings. The standard InChI is InChI=1S/C8H6FN5O2/c9-5-2-1-3-6(4-5)13-8(16)14(7(10)15)12-11-13/h1-4H,(H2,10,15). The lowest BCUT2D eigenvalue weighted by Crippen LogP contribution is -2.33. The van der Waals surface area contributed by atoms with E-state index in [0.29, 0.717) is 4.68 Å². The molecule has 1 amide bonds. The van der Waals surface area contributed by atoms with Gasteiger partial charge in [0, 0.05) is 0 Å². The third-order valence-corrected chi connectivity index (χ3v) is 1.84. The van der Waals surface area contributed by atoms with Crippen LogP contribution in [0.1, 0.15) is 0 Å². The summed E-state index contributed by atoms with van der Waals surface area (Å²) in [6.45, 7) is 0. The molecule has 0 unspecified atom stereocenters. The first kappa shape index (κ1) is 10.0. The van der Waals surface area contributed by atoms with Gasteiger partial charge in [0.1, 0.15) is 5.82 Å². The number of hydrogen-bond donors (Lipinski definition) is 1. The molecule has 0 saturated carbocycles. The minimum Gasteiger partial charge on any atom is -0.350 e. The molecular formula is C8H6FN5O2. The van der Waals surface area contributed by atoms with Crippen molar-refractivity contribution in [1.29, 1.82) is 0 Å². The number of carbonyl (C=O) groups is 1. The van der Waals surface area contributed by atoms with E-state index in [0.717, 1.165) is 10.7 Å². The summed E-state index contributed by atoms with van der Waals surface area (Å²) in [5.74, 6) is -0.530. The average Bonchev–Trinajstić information content (AvgIpc) is 2.60. The van der Waals surface area contributed by atoms with Gasteiger partial charge in [-0.2, -0.15) is 4.68 Å². The quantitative estimate of drug-likeness (QED) is 0.659. The normalized spacial score (nSPS) is 10.3. The average molecular weight is 223 g/mol. The molecule has 0 aliphatic carbocycles. The Morgan fingerprint density at radius 2 is 2.12 bits per heavy atom. The molecule has 8 heteroatoms. The molecule has 1 heterocycles. The van der Waals surface area contributed by atoms with Gasteiger partial charge >= 0.3 is 11.7 Å². The van der Waals surface area contributed by atoms with Crippen LogP contribution >= 0.6 is 0 Å². The SMILES string of the molecule is NC(=O)n1nnn(-c2cccc(F)c2)c1=O. The van der Waals surface area contributed by atoms with Crippen molar-refractivity contribution in [3.05, 3.63) is 40.6 Å². The highest BCUT2D eigenvalue weighted by molar-refractivity contribution is 5.73. The minimum absolute atomic E-state index is 0.164. The molecular weight excluding hydrogens is 217 g/mol. The minimum atomic E-state index is -1.05. The van der Waals surface area contributed by atoms with Crippen LogP contribution < -0.4 is 11.4 Å². The van der Waals surface area contributed by atoms with E-state index in [4.69, 9.17) is 5.73 Å². The van der Waals surface area contributed by atoms with Crippen molar-refractivity contribution in [2.75, 3.05) is 0 Å². The van der Waals surface area contributed by atoms with Gasteiger partial charge in [0.25, 0.3) is 0 Å². The van der Waals surface area contributed by atoms with E-state index in [1.807, 2.05) is 0 Å². The Morgan fingerprint density at radius 1 is 1.38 bits per heavy atom. The lowest BCUT2D eigenvalue weighted by atomic mass is 10.3. The van der Waals surface area contributed by atoms with Gasteiger partial charge in [-0.3, -0.25) is 0 Å². The second-order valence-corrected chi connectivity index (χ2v) is 2.90. The molecule has 16 heavy (non-hydrogen) atoms. The van der Waals surface area contributed by atoms with Gasteiger partial charge in [-0.1, -0.05) is 6.07 Å². The Bertz CT molecular complexity index is 602. The van der Waals surface area contributed by atoms with E-state index in [1.54, 1.807) is 0 Å². The molecule has 2 rings (SSSR count). The van der Waals surface area contributed by atoms with Crippen molar-refractivity contribution in [3.63, 3.8) is 0 Å². The number of carbonyl (C=O) groups excluding carboxylic acids is 1. The van der Waals surface area contributed by atoms with Gasteiger partial charge < -0.3 is 5.73 Å². The fourth-order valence-electron chi connectivity index (χ4n) is 1.15. The van der Waals surface area contributed by atoms with Crippen molar-refractivity contribution in [2.24, 2.45) is 5.73 Å². The number of rotatable bonds is 1. The number of benzene rings is 1. The molecule has 7 nitrogen and oxygen atoms in total. The summed E-state index contributed by atoms with van der Waals surface area (Å²) in [6.07, 6.45) is 0. The second-order valence-electron chi connectivity index (χ2n) is 2.90. The monoisotopic (exact) mass is 223 g/mol. The first-order valence-corrected chi connectivity index (χ1v) is 4.20. The van der Waals surface area contributed by atoms with Gasteiger partial charge in [0.15, 0.2) is 0 Å². The summed E-state index contributed by atoms with van der Waals surface area (Å²) in [5.41, 5.74) is 4.19. The predicted octanol–water partition coefficient (Wildman–Crippen LogP) is -0.505. The number of nitrogens with zero attached hydrogens (tertiary/aromatic N) is 4. The summed E-state index contributed by atoms with van der Waals surface area (Å²) >= 11 is 0. The smallest absolute Gasteiger partial charge is 0.350 e. The molecule has 0 spiro atoms. The molecule has 0 aliphatic heterocycles. The second kappa shape index (κ2) is 3.57. The molecule has 2 aromatic rings. The van der Waals surface area contributed by atoms with Crippen molar-refractivity contribution in [2.45, 2.75) is 0 Å². The molecule has 0 fully saturated rings. The Hall–Kier alpha value is -2.51. The van der Waals surface area contributed by atoms with Crippen LogP contribution in [0.4, 0.5) is 9.18 Å². The maximum Gasteiger partial charge on any atom is 0.377 e. The lowest BCUT2D eigenvalue weighted by Gasteiger charge is -1.96. The van der Waals surface area contributed by atoms with Gasteiger partial charge in [-0.25, -0.2) is 14.0 Å². The zero-order valence-electron chi connectivity index (χ0n) is 7.87. The molecule has 0 atom stereocenters. The van der Waals surface area contributed by atoms with Crippen LogP contribution in [0.2, 0.25) is 0 Å². The van der Waals surface area contributed by atoms with Crippen LogP contribution in [0.25, 0.3) is 5.69 Å². The van der Waals surface area contributed by atoms with E-state index >= 15 is 0 Å². The summed E-state index contributed by atoms with van der Waals surface area (Å²) in [7, 11) is 0. The van der Waals surface area contributed by atoms with Gasteiger partial charge in [-0.05, 0) is 28.6 Å². The first-order valence-electron chi connectivity index (χ1n) is 4.20. The number of aromatic nitrogens is 4. The van der Waals surface area contributed by atoms with Crippen molar-refractivity contribution in [3.8, 4) is 5.69 Å². The summed E-state index contributed by atoms with van der Waals surface area (Å²) in [6, 6.07) is 4.10. The van der Waals surface area contributed by atoms with Crippen LogP contribution in [-0.2, 0) is 0 Å². The van der Waals surface area contributed by atoms with Crippen molar-refractivity contribution >= 4 is 6.03 Å². The Balaban J connectivity index is 2.58. The maximum atomic E-state index is 12.9. The van der Waals surface area contributed by atoms with Crippen molar-refractivity contribution < 1.29 is 9.18 Å². The lowest BCUT2D eigenvalue weighted by molar-refractivity contribution is 0.246. The van der Waals surface area contributed by atoms with Crippen LogP contribution in [0.5, 0.6) is 0 Å². The molecule has 82 valence electrons. The van der Waals surface area contributed by atoms with Crippen LogP contribution in [-0.4, -0.2) is 25.8 Å². The van der Waals surface area contributed by atoms with E-state index in [9.17, 15) is 14.0 Å². The Labute approximate surface area is 87.9 Å². The van der Waals surface area contributed by atoms with Crippen LogP contribution in [0, 0.1) is 5.82 Å². The third kappa shape index (κ3) is 1.56. The maximum absolute atomic E-state index is 12.9. The van der Waals surface area contributed by atoms with Gasteiger partial charge in [0.2, 0.25) is 0 Å². The van der Waals surface area contributed by atoms with Crippen molar-refractivity contribution in [1.82, 2.24) is 19.8 Å². The van der Waals surface area contributed by atoms with Gasteiger partial charge in [-0.15, -0.1) is 4.68 Å². The third-order valence-electron chi connectivity index (χ3n) is 1.84. The number of tetrazole rings is 1. The molecule has 1 aromatic heterocycles. The fraction of sp³-hybridized carbons (Fsp3) is 0. The Kier molecular flexibility index (Phi) is 2.24. The van der Waals surface area contributed by atoms with E-state index < -0.39 is 17.5 Å². The molecule has 2 N–H and O–H groups in total. The van der Waals surface area contributed by atoms with Crippen LogP contribution in [0.15, 0.2) is 29.1 Å². The highest BCUT2D eigenvalue weighted by Gasteiger charge is 2.12. The predicted molar refractivity (Wildman–Crippen MR) is 50.6 cm³/mol. The zero-order chi connectivity index (χ0) is 11.7. The number of nitrogens with two attached hydrogens (primary N) is 1. The molecule has 0 radical (unpaired) electrons. The van der Waals surface area contributed by atoms with E-state index in [-0.39, 0.29) is 5.69 Å². The van der Waals surface area contributed by atoms with Crippen LogP contribution in [0.3, 0.4) is 0 Å². The highest BCUT2D eigenvalue weighted by Crippen LogP contribution is 2.05. The summed E-state index contributed by atoms with van der Waals surface area (Å²) in [4.78, 5) is 22.2. The number of halogens is 1. The fourth-order valence-corrected chi connectivity index (χ4v) is 1.15. The van der Waals surface area contributed by atoms with Gasteiger partial charge in [0.05, 0.1) is 5.69 Å². The topological polar surface area (TPSA) is 95.8 Å². The largest absolute Gasteiger partial charge is 0.377 e. The number of amides is 1. The first-order chi connectivity index (χ1) is 7.59. The van der Waals surface area contributed by atoms with E-state index in [1.165, 1.54) is 18.2 Å². The summed E-state index contributed by atoms with van der Waals surface area (Å²) in [5, 5.41) is 6.64. The zero-order valence-corrected chi connectivity index (χ0v) is 7.87. The van der Waals surface area contributed by atoms with E-state index in [2.05, 4.69) is 10.4 Å². The number of primary amides is 1. The molecule has 0 bridgehead atoms. The summed E-state index contributed by atoms with van der Waals surface area (Å²) < 4.78 is 14.0. The Morgan fingerprint density at radius 3 is 2.69 bits per heavy atom. The molecule has 1 aromatic carbocycles. The highest BCUT2D eigenvalue weighted by atomic mass is 19.1. The molecule has 0 saturated heterocycles. The number of hydrogen-bond acceptors (Lipinski definition) is 4.